The number of benzene rings is 2. The van der Waals surface area contributed by atoms with Gasteiger partial charge in [-0.05, 0) is 35.9 Å². The van der Waals surface area contributed by atoms with Crippen molar-refractivity contribution in [3.05, 3.63) is 57.4 Å². The molecule has 3 rings (SSSR count). The summed E-state index contributed by atoms with van der Waals surface area (Å²) in [6.07, 6.45) is 1.61. The van der Waals surface area contributed by atoms with Crippen LogP contribution in [0.5, 0.6) is 11.5 Å². The van der Waals surface area contributed by atoms with E-state index >= 15 is 0 Å². The molecular formula is C17H13Cl2N3O2S. The van der Waals surface area contributed by atoms with E-state index in [0.29, 0.717) is 20.9 Å². The number of anilines is 1. The van der Waals surface area contributed by atoms with E-state index in [9.17, 15) is 5.11 Å². The zero-order chi connectivity index (χ0) is 17.8. The Balaban J connectivity index is 1.70. The van der Waals surface area contributed by atoms with Gasteiger partial charge < -0.3 is 9.84 Å². The molecule has 1 heterocycles. The molecule has 3 aromatic rings. The lowest BCUT2D eigenvalue weighted by Crippen LogP contribution is -1.91. The summed E-state index contributed by atoms with van der Waals surface area (Å²) in [6, 6.07) is 10.3. The molecule has 128 valence electrons. The second-order valence-corrected chi connectivity index (χ2v) is 6.64. The first kappa shape index (κ1) is 17.5. The normalized spacial score (nSPS) is 11.0. The Morgan fingerprint density at radius 2 is 2.04 bits per heavy atom. The molecule has 0 spiro atoms. The van der Waals surface area contributed by atoms with Crippen LogP contribution in [0.3, 0.4) is 0 Å². The number of hydrazone groups is 1. The van der Waals surface area contributed by atoms with Crippen molar-refractivity contribution in [1.29, 1.82) is 0 Å². The standard InChI is InChI=1S/C17H13Cl2N3O2S/c1-24-16-6-10(2-5-15(16)23)8-20-22-17-21-14(9-25-17)11-3-4-12(18)13(19)7-11/h2-9,23H,1H3,(H,21,22)/b20-8-. The highest BCUT2D eigenvalue weighted by Gasteiger charge is 2.06. The van der Waals surface area contributed by atoms with E-state index in [2.05, 4.69) is 15.5 Å². The molecule has 2 N–H and O–H groups in total. The number of hydrogen-bond acceptors (Lipinski definition) is 6. The first-order valence-electron chi connectivity index (χ1n) is 7.14. The van der Waals surface area contributed by atoms with Gasteiger partial charge in [0.2, 0.25) is 5.13 Å². The highest BCUT2D eigenvalue weighted by atomic mass is 35.5. The molecule has 0 aliphatic carbocycles. The summed E-state index contributed by atoms with van der Waals surface area (Å²) in [7, 11) is 1.49. The summed E-state index contributed by atoms with van der Waals surface area (Å²) < 4.78 is 5.06. The third-order valence-electron chi connectivity index (χ3n) is 3.30. The maximum Gasteiger partial charge on any atom is 0.203 e. The number of aromatic nitrogens is 1. The molecule has 0 fully saturated rings. The van der Waals surface area contributed by atoms with Crippen LogP contribution in [0.2, 0.25) is 10.0 Å². The van der Waals surface area contributed by atoms with Crippen LogP contribution >= 0.6 is 34.5 Å². The molecule has 0 bridgehead atoms. The Morgan fingerprint density at radius 3 is 2.80 bits per heavy atom. The smallest absolute Gasteiger partial charge is 0.203 e. The number of phenolic OH excluding ortho intramolecular Hbond substituents is 1. The minimum atomic E-state index is 0.0822. The summed E-state index contributed by atoms with van der Waals surface area (Å²) in [5, 5.41) is 17.3. The molecule has 25 heavy (non-hydrogen) atoms. The number of phenols is 1. The highest BCUT2D eigenvalue weighted by Crippen LogP contribution is 2.30. The predicted molar refractivity (Wildman–Crippen MR) is 103 cm³/mol. The van der Waals surface area contributed by atoms with Gasteiger partial charge in [0.25, 0.3) is 0 Å². The maximum absolute atomic E-state index is 9.57. The van der Waals surface area contributed by atoms with Crippen LogP contribution in [0.1, 0.15) is 5.56 Å². The van der Waals surface area contributed by atoms with Crippen LogP contribution in [0, 0.1) is 0 Å². The van der Waals surface area contributed by atoms with Crippen molar-refractivity contribution in [3.8, 4) is 22.8 Å². The monoisotopic (exact) mass is 393 g/mol. The van der Waals surface area contributed by atoms with Gasteiger partial charge in [-0.1, -0.05) is 29.3 Å². The van der Waals surface area contributed by atoms with Gasteiger partial charge in [-0.15, -0.1) is 11.3 Å². The summed E-state index contributed by atoms with van der Waals surface area (Å²) in [6.45, 7) is 0. The SMILES string of the molecule is COc1cc(/C=N\Nc2nc(-c3ccc(Cl)c(Cl)c3)cs2)ccc1O. The summed E-state index contributed by atoms with van der Waals surface area (Å²) in [4.78, 5) is 4.46. The molecule has 0 saturated heterocycles. The number of rotatable bonds is 5. The molecule has 2 aromatic carbocycles. The second-order valence-electron chi connectivity index (χ2n) is 4.97. The fourth-order valence-corrected chi connectivity index (χ4v) is 3.02. The lowest BCUT2D eigenvalue weighted by atomic mass is 10.2. The van der Waals surface area contributed by atoms with Gasteiger partial charge in [0.1, 0.15) is 0 Å². The van der Waals surface area contributed by atoms with Crippen LogP contribution in [0.15, 0.2) is 46.9 Å². The third kappa shape index (κ3) is 4.22. The van der Waals surface area contributed by atoms with Gasteiger partial charge in [0.15, 0.2) is 11.5 Å². The van der Waals surface area contributed by atoms with Gasteiger partial charge in [-0.2, -0.15) is 5.10 Å². The predicted octanol–water partition coefficient (Wildman–Crippen LogP) is 5.28. The van der Waals surface area contributed by atoms with Gasteiger partial charge in [0, 0.05) is 10.9 Å². The number of halogens is 2. The topological polar surface area (TPSA) is 66.7 Å². The Morgan fingerprint density at radius 1 is 1.20 bits per heavy atom. The van der Waals surface area contributed by atoms with Crippen molar-refractivity contribution in [2.24, 2.45) is 5.10 Å². The van der Waals surface area contributed by atoms with E-state index in [-0.39, 0.29) is 5.75 Å². The average molecular weight is 394 g/mol. The van der Waals surface area contributed by atoms with Crippen molar-refractivity contribution in [3.63, 3.8) is 0 Å². The van der Waals surface area contributed by atoms with E-state index < -0.39 is 0 Å². The molecule has 0 atom stereocenters. The fourth-order valence-electron chi connectivity index (χ4n) is 2.05. The molecular weight excluding hydrogens is 381 g/mol. The van der Waals surface area contributed by atoms with E-state index in [1.807, 2.05) is 11.4 Å². The molecule has 0 aliphatic rings. The van der Waals surface area contributed by atoms with Gasteiger partial charge >= 0.3 is 0 Å². The Kier molecular flexibility index (Phi) is 5.43. The molecule has 0 unspecified atom stereocenters. The number of ether oxygens (including phenoxy) is 1. The molecule has 0 radical (unpaired) electrons. The van der Waals surface area contributed by atoms with Crippen LogP contribution < -0.4 is 10.2 Å². The maximum atomic E-state index is 9.57. The van der Waals surface area contributed by atoms with E-state index in [1.165, 1.54) is 18.4 Å². The molecule has 8 heteroatoms. The first-order valence-corrected chi connectivity index (χ1v) is 8.77. The Hall–Kier alpha value is -2.28. The second kappa shape index (κ2) is 7.74. The number of nitrogens with one attached hydrogen (secondary N) is 1. The highest BCUT2D eigenvalue weighted by molar-refractivity contribution is 7.14. The molecule has 0 amide bonds. The lowest BCUT2D eigenvalue weighted by Gasteiger charge is -2.03. The van der Waals surface area contributed by atoms with Crippen molar-refractivity contribution in [1.82, 2.24) is 4.98 Å². The summed E-state index contributed by atoms with van der Waals surface area (Å²) in [5.74, 6) is 0.471. The lowest BCUT2D eigenvalue weighted by molar-refractivity contribution is 0.373. The van der Waals surface area contributed by atoms with Gasteiger partial charge in [-0.25, -0.2) is 4.98 Å². The zero-order valence-corrected chi connectivity index (χ0v) is 15.4. The average Bonchev–Trinajstić information content (AvgIpc) is 3.07. The Labute approximate surface area is 158 Å². The molecule has 0 saturated carbocycles. The minimum Gasteiger partial charge on any atom is -0.504 e. The van der Waals surface area contributed by atoms with Crippen molar-refractivity contribution >= 4 is 45.9 Å². The minimum absolute atomic E-state index is 0.0822. The number of aromatic hydroxyl groups is 1. The quantitative estimate of drug-likeness (QED) is 0.457. The largest absolute Gasteiger partial charge is 0.504 e. The zero-order valence-electron chi connectivity index (χ0n) is 13.0. The van der Waals surface area contributed by atoms with Crippen molar-refractivity contribution < 1.29 is 9.84 Å². The number of methoxy groups -OCH3 is 1. The number of nitrogens with zero attached hydrogens (tertiary/aromatic N) is 2. The van der Waals surface area contributed by atoms with Gasteiger partial charge in [-0.3, -0.25) is 5.43 Å². The third-order valence-corrected chi connectivity index (χ3v) is 4.78. The van der Waals surface area contributed by atoms with Crippen LogP contribution in [-0.4, -0.2) is 23.4 Å². The Bertz CT molecular complexity index is 928. The van der Waals surface area contributed by atoms with E-state index in [1.54, 1.807) is 36.5 Å². The fraction of sp³-hybridized carbons (Fsp3) is 0.0588. The number of thiazole rings is 1. The molecule has 1 aromatic heterocycles. The molecule has 5 nitrogen and oxygen atoms in total. The van der Waals surface area contributed by atoms with Crippen molar-refractivity contribution in [2.75, 3.05) is 12.5 Å². The van der Waals surface area contributed by atoms with Crippen molar-refractivity contribution in [2.45, 2.75) is 0 Å². The van der Waals surface area contributed by atoms with E-state index in [4.69, 9.17) is 27.9 Å². The van der Waals surface area contributed by atoms with Crippen LogP contribution in [-0.2, 0) is 0 Å². The first-order chi connectivity index (χ1) is 12.1. The number of hydrogen-bond donors (Lipinski definition) is 2. The van der Waals surface area contributed by atoms with Crippen LogP contribution in [0.25, 0.3) is 11.3 Å². The summed E-state index contributed by atoms with van der Waals surface area (Å²) in [5.41, 5.74) is 5.32. The molecule has 0 aliphatic heterocycles. The van der Waals surface area contributed by atoms with Crippen LogP contribution in [0.4, 0.5) is 5.13 Å². The summed E-state index contributed by atoms with van der Waals surface area (Å²) >= 11 is 13.4. The van der Waals surface area contributed by atoms with E-state index in [0.717, 1.165) is 16.8 Å². The van der Waals surface area contributed by atoms with Gasteiger partial charge in [0.05, 0.1) is 29.1 Å².